The lowest BCUT2D eigenvalue weighted by atomic mass is 9.95. The van der Waals surface area contributed by atoms with Crippen molar-refractivity contribution in [3.05, 3.63) is 41.7 Å². The summed E-state index contributed by atoms with van der Waals surface area (Å²) in [7, 11) is 1.70. The fraction of sp³-hybridized carbons (Fsp3) is 0.526. The van der Waals surface area contributed by atoms with Crippen molar-refractivity contribution in [2.45, 2.75) is 51.6 Å². The number of nitrogens with one attached hydrogen (secondary N) is 1. The van der Waals surface area contributed by atoms with Gasteiger partial charge in [-0.1, -0.05) is 24.4 Å². The molecule has 1 aromatic rings. The quantitative estimate of drug-likeness (QED) is 0.810. The summed E-state index contributed by atoms with van der Waals surface area (Å²) < 4.78 is 5.88. The second-order valence-electron chi connectivity index (χ2n) is 6.62. The van der Waals surface area contributed by atoms with Crippen LogP contribution in [0.2, 0.25) is 0 Å². The lowest BCUT2D eigenvalue weighted by molar-refractivity contribution is -0.895. The second-order valence-corrected chi connectivity index (χ2v) is 6.62. The van der Waals surface area contributed by atoms with E-state index in [1.165, 1.54) is 43.4 Å². The first-order chi connectivity index (χ1) is 11.2. The van der Waals surface area contributed by atoms with Gasteiger partial charge in [0.2, 0.25) is 0 Å². The van der Waals surface area contributed by atoms with Crippen LogP contribution in [-0.2, 0) is 6.54 Å². The van der Waals surface area contributed by atoms with E-state index in [-0.39, 0.29) is 0 Å². The van der Waals surface area contributed by atoms with Gasteiger partial charge < -0.3 is 10.1 Å². The summed E-state index contributed by atoms with van der Waals surface area (Å²) in [6, 6.07) is 8.92. The number of quaternary nitrogens is 1. The number of hydrogen-bond donors (Lipinski definition) is 1. The molecule has 1 heterocycles. The SMILES string of the molecule is CC[N+]1(Cc2ccc(OC)cc2)C=C(NC2CCCCC2)C=N1. The van der Waals surface area contributed by atoms with Gasteiger partial charge in [-0.05, 0) is 44.0 Å². The average molecular weight is 314 g/mol. The summed E-state index contributed by atoms with van der Waals surface area (Å²) in [4.78, 5) is 0. The lowest BCUT2D eigenvalue weighted by Gasteiger charge is -2.25. The predicted molar refractivity (Wildman–Crippen MR) is 94.1 cm³/mol. The molecule has 0 amide bonds. The monoisotopic (exact) mass is 314 g/mol. The van der Waals surface area contributed by atoms with Crippen molar-refractivity contribution in [3.8, 4) is 5.75 Å². The molecule has 124 valence electrons. The molecule has 1 aromatic carbocycles. The first-order valence-corrected chi connectivity index (χ1v) is 8.78. The lowest BCUT2D eigenvalue weighted by Crippen LogP contribution is -2.35. The van der Waals surface area contributed by atoms with E-state index in [2.05, 4.69) is 30.6 Å². The van der Waals surface area contributed by atoms with Crippen molar-refractivity contribution in [1.29, 1.82) is 0 Å². The minimum Gasteiger partial charge on any atom is -0.497 e. The summed E-state index contributed by atoms with van der Waals surface area (Å²) >= 11 is 0. The minimum atomic E-state index is 0.624. The highest BCUT2D eigenvalue weighted by atomic mass is 16.5. The van der Waals surface area contributed by atoms with Crippen LogP contribution in [0.5, 0.6) is 5.75 Å². The van der Waals surface area contributed by atoms with E-state index in [4.69, 9.17) is 9.84 Å². The zero-order valence-corrected chi connectivity index (χ0v) is 14.3. The van der Waals surface area contributed by atoms with E-state index >= 15 is 0 Å². The highest BCUT2D eigenvalue weighted by Crippen LogP contribution is 2.24. The highest BCUT2D eigenvalue weighted by Gasteiger charge is 2.29. The Balaban J connectivity index is 1.67. The molecule has 0 bridgehead atoms. The van der Waals surface area contributed by atoms with Crippen LogP contribution < -0.4 is 10.1 Å². The van der Waals surface area contributed by atoms with Crippen LogP contribution in [0.4, 0.5) is 0 Å². The zero-order valence-electron chi connectivity index (χ0n) is 14.3. The molecule has 1 unspecified atom stereocenters. The third-order valence-electron chi connectivity index (χ3n) is 4.95. The van der Waals surface area contributed by atoms with Crippen LogP contribution in [0.15, 0.2) is 41.3 Å². The van der Waals surface area contributed by atoms with Gasteiger partial charge >= 0.3 is 0 Å². The summed E-state index contributed by atoms with van der Waals surface area (Å²) in [6.45, 7) is 4.03. The van der Waals surface area contributed by atoms with E-state index in [1.807, 2.05) is 18.3 Å². The third-order valence-corrected chi connectivity index (χ3v) is 4.95. The summed E-state index contributed by atoms with van der Waals surface area (Å²) in [5.74, 6) is 0.900. The number of benzene rings is 1. The number of ether oxygens (including phenoxy) is 1. The molecule has 1 N–H and O–H groups in total. The largest absolute Gasteiger partial charge is 0.497 e. The van der Waals surface area contributed by atoms with Crippen LogP contribution in [0.3, 0.4) is 0 Å². The average Bonchev–Trinajstić information content (AvgIpc) is 3.00. The topological polar surface area (TPSA) is 33.6 Å². The van der Waals surface area contributed by atoms with Gasteiger partial charge in [0, 0.05) is 11.6 Å². The molecule has 1 fully saturated rings. The molecule has 0 saturated heterocycles. The van der Waals surface area contributed by atoms with E-state index in [0.717, 1.165) is 18.8 Å². The molecule has 1 aliphatic carbocycles. The maximum absolute atomic E-state index is 5.24. The van der Waals surface area contributed by atoms with E-state index in [9.17, 15) is 0 Å². The van der Waals surface area contributed by atoms with Crippen LogP contribution in [0.25, 0.3) is 0 Å². The highest BCUT2D eigenvalue weighted by molar-refractivity contribution is 5.78. The molecule has 1 aliphatic heterocycles. The Morgan fingerprint density at radius 1 is 1.17 bits per heavy atom. The van der Waals surface area contributed by atoms with Crippen molar-refractivity contribution in [2.24, 2.45) is 5.10 Å². The third kappa shape index (κ3) is 3.94. The predicted octanol–water partition coefficient (Wildman–Crippen LogP) is 3.80. The molecule has 4 heteroatoms. The fourth-order valence-electron chi connectivity index (χ4n) is 3.48. The van der Waals surface area contributed by atoms with Gasteiger partial charge in [-0.3, -0.25) is 0 Å². The number of nitrogens with zero attached hydrogens (tertiary/aromatic N) is 2. The molecule has 3 rings (SSSR count). The Hall–Kier alpha value is -1.81. The second kappa shape index (κ2) is 7.18. The maximum Gasteiger partial charge on any atom is 0.148 e. The number of rotatable bonds is 6. The Morgan fingerprint density at radius 2 is 1.91 bits per heavy atom. The van der Waals surface area contributed by atoms with Gasteiger partial charge in [-0.15, -0.1) is 0 Å². The van der Waals surface area contributed by atoms with Gasteiger partial charge in [-0.25, -0.2) is 0 Å². The van der Waals surface area contributed by atoms with Crippen molar-refractivity contribution >= 4 is 6.21 Å². The molecule has 0 spiro atoms. The minimum absolute atomic E-state index is 0.624. The first kappa shape index (κ1) is 16.1. The van der Waals surface area contributed by atoms with Crippen molar-refractivity contribution in [2.75, 3.05) is 13.7 Å². The van der Waals surface area contributed by atoms with Gasteiger partial charge in [0.25, 0.3) is 0 Å². The van der Waals surface area contributed by atoms with E-state index in [0.29, 0.717) is 10.6 Å². The van der Waals surface area contributed by atoms with Gasteiger partial charge in [0.05, 0.1) is 7.11 Å². The van der Waals surface area contributed by atoms with Crippen LogP contribution >= 0.6 is 0 Å². The van der Waals surface area contributed by atoms with Crippen LogP contribution in [0, 0.1) is 0 Å². The molecule has 23 heavy (non-hydrogen) atoms. The normalized spacial score (nSPS) is 24.5. The van der Waals surface area contributed by atoms with Crippen LogP contribution in [0.1, 0.15) is 44.6 Å². The molecule has 0 radical (unpaired) electrons. The van der Waals surface area contributed by atoms with Gasteiger partial charge in [-0.2, -0.15) is 4.59 Å². The maximum atomic E-state index is 5.24. The molecule has 1 atom stereocenters. The summed E-state index contributed by atoms with van der Waals surface area (Å²) in [6.07, 6.45) is 11.0. The van der Waals surface area contributed by atoms with Crippen LogP contribution in [-0.4, -0.2) is 30.5 Å². The Bertz CT molecular complexity index is 573. The standard InChI is InChI=1S/C19H28N3O/c1-3-22(14-16-9-11-19(23-2)12-10-16)15-18(13-20-22)21-17-7-5-4-6-8-17/h9-13,15,17,21H,3-8,14H2,1-2H3/q+1. The molecule has 0 aromatic heterocycles. The van der Waals surface area contributed by atoms with Crippen molar-refractivity contribution in [1.82, 2.24) is 5.32 Å². The molecule has 1 saturated carbocycles. The molecule has 4 nitrogen and oxygen atoms in total. The Labute approximate surface area is 139 Å². The summed E-state index contributed by atoms with van der Waals surface area (Å²) in [5, 5.41) is 8.48. The van der Waals surface area contributed by atoms with Gasteiger partial charge in [0.1, 0.15) is 37.0 Å². The Morgan fingerprint density at radius 3 is 2.57 bits per heavy atom. The number of allylic oxidation sites excluding steroid dienone is 1. The Kier molecular flexibility index (Phi) is 5.01. The molecular weight excluding hydrogens is 286 g/mol. The van der Waals surface area contributed by atoms with E-state index < -0.39 is 0 Å². The molecular formula is C19H28N3O+. The zero-order chi connectivity index (χ0) is 16.1. The van der Waals surface area contributed by atoms with Gasteiger partial charge in [0.15, 0.2) is 0 Å². The molecule has 2 aliphatic rings. The number of methoxy groups -OCH3 is 1. The van der Waals surface area contributed by atoms with Crippen molar-refractivity contribution in [3.63, 3.8) is 0 Å². The fourth-order valence-corrected chi connectivity index (χ4v) is 3.48. The summed E-state index contributed by atoms with van der Waals surface area (Å²) in [5.41, 5.74) is 2.47. The number of hydrogen-bond acceptors (Lipinski definition) is 3. The smallest absolute Gasteiger partial charge is 0.148 e. The first-order valence-electron chi connectivity index (χ1n) is 8.78. The van der Waals surface area contributed by atoms with E-state index in [1.54, 1.807) is 7.11 Å². The van der Waals surface area contributed by atoms with Crippen molar-refractivity contribution < 1.29 is 9.33 Å².